The summed E-state index contributed by atoms with van der Waals surface area (Å²) in [6.45, 7) is 0. The molecule has 0 radical (unpaired) electrons. The minimum Gasteiger partial charge on any atom is -0.507 e. The van der Waals surface area contributed by atoms with E-state index in [1.54, 1.807) is 48.5 Å². The Balaban J connectivity index is 2.11. The summed E-state index contributed by atoms with van der Waals surface area (Å²) >= 11 is 6.56. The lowest BCUT2D eigenvalue weighted by molar-refractivity contribution is 0.0985. The van der Waals surface area contributed by atoms with Crippen LogP contribution in [0.1, 0.15) is 27.8 Å². The van der Waals surface area contributed by atoms with E-state index >= 15 is 0 Å². The Hall–Kier alpha value is -2.35. The van der Waals surface area contributed by atoms with Crippen molar-refractivity contribution in [2.24, 2.45) is 0 Å². The predicted molar refractivity (Wildman–Crippen MR) is 109 cm³/mol. The second-order valence-electron chi connectivity index (χ2n) is 5.62. The lowest BCUT2D eigenvalue weighted by atomic mass is 9.95. The van der Waals surface area contributed by atoms with Gasteiger partial charge in [-0.1, -0.05) is 24.3 Å². The molecular weight excluding hydrogens is 476 g/mol. The van der Waals surface area contributed by atoms with Crippen LogP contribution >= 0.6 is 31.9 Å². The third-order valence-electron chi connectivity index (χ3n) is 3.76. The van der Waals surface area contributed by atoms with Crippen molar-refractivity contribution in [2.45, 2.75) is 6.10 Å². The van der Waals surface area contributed by atoms with Crippen LogP contribution in [0, 0.1) is 0 Å². The molecule has 136 valence electrons. The highest BCUT2D eigenvalue weighted by Crippen LogP contribution is 2.29. The smallest absolute Gasteiger partial charge is 0.195 e. The molecule has 1 aromatic carbocycles. The van der Waals surface area contributed by atoms with Crippen molar-refractivity contribution in [3.63, 3.8) is 0 Å². The number of phenols is 1. The van der Waals surface area contributed by atoms with Gasteiger partial charge in [0, 0.05) is 5.57 Å². The van der Waals surface area contributed by atoms with Crippen LogP contribution in [0.3, 0.4) is 0 Å². The van der Waals surface area contributed by atoms with Crippen molar-refractivity contribution in [1.82, 2.24) is 9.97 Å². The fourth-order valence-corrected chi connectivity index (χ4v) is 3.20. The van der Waals surface area contributed by atoms with E-state index in [9.17, 15) is 15.0 Å². The first kappa shape index (κ1) is 19.4. The molecular formula is C20H14Br2N2O3. The Bertz CT molecular complexity index is 1020. The number of halogens is 2. The first-order valence-corrected chi connectivity index (χ1v) is 9.51. The number of rotatable bonds is 5. The third kappa shape index (κ3) is 4.68. The van der Waals surface area contributed by atoms with Crippen LogP contribution in [0.2, 0.25) is 0 Å². The highest BCUT2D eigenvalue weighted by atomic mass is 79.9. The van der Waals surface area contributed by atoms with Gasteiger partial charge in [-0.2, -0.15) is 0 Å². The molecule has 7 heteroatoms. The van der Waals surface area contributed by atoms with Crippen LogP contribution in [0.4, 0.5) is 0 Å². The van der Waals surface area contributed by atoms with Crippen molar-refractivity contribution in [2.75, 3.05) is 0 Å². The van der Waals surface area contributed by atoms with Gasteiger partial charge in [0.05, 0.1) is 17.0 Å². The van der Waals surface area contributed by atoms with Crippen molar-refractivity contribution in [3.8, 4) is 5.75 Å². The summed E-state index contributed by atoms with van der Waals surface area (Å²) in [7, 11) is 0. The van der Waals surface area contributed by atoms with E-state index in [0.717, 1.165) is 0 Å². The van der Waals surface area contributed by atoms with E-state index in [4.69, 9.17) is 0 Å². The molecule has 0 saturated carbocycles. The van der Waals surface area contributed by atoms with Gasteiger partial charge in [-0.15, -0.1) is 0 Å². The van der Waals surface area contributed by atoms with Crippen LogP contribution in [-0.4, -0.2) is 26.0 Å². The fraction of sp³-hybridized carbons (Fsp3) is 0.0500. The lowest BCUT2D eigenvalue weighted by Gasteiger charge is -2.15. The second-order valence-corrected chi connectivity index (χ2v) is 7.24. The van der Waals surface area contributed by atoms with Crippen LogP contribution in [0.5, 0.6) is 5.75 Å². The largest absolute Gasteiger partial charge is 0.507 e. The fourth-order valence-electron chi connectivity index (χ4n) is 2.49. The highest BCUT2D eigenvalue weighted by Gasteiger charge is 2.25. The quantitative estimate of drug-likeness (QED) is 0.308. The molecule has 1 atom stereocenters. The molecule has 3 aromatic rings. The number of aliphatic hydroxyl groups is 1. The topological polar surface area (TPSA) is 83.3 Å². The summed E-state index contributed by atoms with van der Waals surface area (Å²) in [6.07, 6.45) is 0.197. The molecule has 2 N–H and O–H groups in total. The van der Waals surface area contributed by atoms with E-state index in [0.29, 0.717) is 20.6 Å². The van der Waals surface area contributed by atoms with E-state index in [-0.39, 0.29) is 16.9 Å². The minimum atomic E-state index is -1.30. The molecule has 27 heavy (non-hydrogen) atoms. The third-order valence-corrected chi connectivity index (χ3v) is 4.65. The van der Waals surface area contributed by atoms with Crippen molar-refractivity contribution in [1.29, 1.82) is 0 Å². The number of para-hydroxylation sites is 1. The van der Waals surface area contributed by atoms with Gasteiger partial charge in [0.1, 0.15) is 21.1 Å². The number of nitrogens with zero attached hydrogens (tertiary/aromatic N) is 2. The maximum atomic E-state index is 13.1. The molecule has 2 heterocycles. The number of carbonyl (C=O) groups excluding carboxylic acids is 1. The molecule has 0 bridgehead atoms. The van der Waals surface area contributed by atoms with E-state index in [1.165, 1.54) is 18.2 Å². The summed E-state index contributed by atoms with van der Waals surface area (Å²) in [5.74, 6) is -0.672. The van der Waals surface area contributed by atoms with Gasteiger partial charge >= 0.3 is 0 Å². The molecule has 2 aromatic heterocycles. The summed E-state index contributed by atoms with van der Waals surface area (Å²) in [4.78, 5) is 21.6. The zero-order valence-electron chi connectivity index (χ0n) is 13.9. The number of aromatic hydroxyl groups is 1. The number of hydrogen-bond acceptors (Lipinski definition) is 5. The number of phenolic OH excluding ortho intramolecular Hbond substituents is 1. The first-order valence-electron chi connectivity index (χ1n) is 7.93. The van der Waals surface area contributed by atoms with Gasteiger partial charge in [0.25, 0.3) is 0 Å². The van der Waals surface area contributed by atoms with Crippen LogP contribution in [0.25, 0.3) is 6.08 Å². The number of pyridine rings is 2. The highest BCUT2D eigenvalue weighted by molar-refractivity contribution is 9.10. The molecule has 0 aliphatic rings. The van der Waals surface area contributed by atoms with Gasteiger partial charge < -0.3 is 10.2 Å². The van der Waals surface area contributed by atoms with Gasteiger partial charge in [-0.3, -0.25) is 4.79 Å². The standard InChI is InChI=1S/C20H14Br2N2O3/c21-17-9-3-5-12(23-17)11-14(19(26)13-6-1-2-8-16(13)25)20(27)15-7-4-10-18(22)24-15/h1-11,20,25,27H/t20-/m1/s1. The van der Waals surface area contributed by atoms with E-state index in [1.807, 2.05) is 0 Å². The Kier molecular flexibility index (Phi) is 6.15. The van der Waals surface area contributed by atoms with Gasteiger partial charge in [0.15, 0.2) is 5.78 Å². The number of carbonyl (C=O) groups is 1. The SMILES string of the molecule is O=C(C(=Cc1cccc(Br)n1)[C@@H](O)c1cccc(Br)n1)c1ccccc1O. The molecule has 5 nitrogen and oxygen atoms in total. The van der Waals surface area contributed by atoms with Gasteiger partial charge in [-0.25, -0.2) is 9.97 Å². The number of aliphatic hydroxyl groups excluding tert-OH is 1. The maximum absolute atomic E-state index is 13.1. The van der Waals surface area contributed by atoms with Crippen LogP contribution < -0.4 is 0 Å². The monoisotopic (exact) mass is 488 g/mol. The van der Waals surface area contributed by atoms with E-state index < -0.39 is 11.9 Å². The minimum absolute atomic E-state index is 0.0488. The normalized spacial score (nSPS) is 12.6. The van der Waals surface area contributed by atoms with E-state index in [2.05, 4.69) is 41.8 Å². The molecule has 0 fully saturated rings. The van der Waals surface area contributed by atoms with Crippen molar-refractivity contribution >= 4 is 43.7 Å². The molecule has 0 amide bonds. The molecule has 0 aliphatic heterocycles. The predicted octanol–water partition coefficient (Wildman–Crippen LogP) is 4.71. The molecule has 3 rings (SSSR count). The van der Waals surface area contributed by atoms with Gasteiger partial charge in [-0.05, 0) is 74.3 Å². The number of hydrogen-bond donors (Lipinski definition) is 2. The molecule has 0 saturated heterocycles. The van der Waals surface area contributed by atoms with Crippen molar-refractivity contribution in [3.05, 3.63) is 92.4 Å². The average molecular weight is 490 g/mol. The maximum Gasteiger partial charge on any atom is 0.195 e. The molecule has 0 unspecified atom stereocenters. The Morgan fingerprint density at radius 3 is 2.26 bits per heavy atom. The lowest BCUT2D eigenvalue weighted by Crippen LogP contribution is -2.14. The molecule has 0 aliphatic carbocycles. The summed E-state index contributed by atoms with van der Waals surface area (Å²) < 4.78 is 1.13. The first-order chi connectivity index (χ1) is 13.0. The zero-order chi connectivity index (χ0) is 19.4. The van der Waals surface area contributed by atoms with Crippen LogP contribution in [-0.2, 0) is 0 Å². The number of aromatic nitrogens is 2. The van der Waals surface area contributed by atoms with Crippen LogP contribution in [0.15, 0.2) is 75.4 Å². The average Bonchev–Trinajstić information content (AvgIpc) is 2.65. The summed E-state index contributed by atoms with van der Waals surface area (Å²) in [5, 5.41) is 20.9. The Morgan fingerprint density at radius 2 is 1.59 bits per heavy atom. The zero-order valence-corrected chi connectivity index (χ0v) is 17.1. The Morgan fingerprint density at radius 1 is 0.926 bits per heavy atom. The number of Topliss-reactive ketones (excluding diaryl/α,β-unsaturated/α-hetero) is 1. The summed E-state index contributed by atoms with van der Waals surface area (Å²) in [5.41, 5.74) is 0.923. The van der Waals surface area contributed by atoms with Gasteiger partial charge in [0.2, 0.25) is 0 Å². The summed E-state index contributed by atoms with van der Waals surface area (Å²) in [6, 6.07) is 16.5. The molecule has 0 spiro atoms. The van der Waals surface area contributed by atoms with Crippen molar-refractivity contribution < 1.29 is 15.0 Å². The second kappa shape index (κ2) is 8.56. The Labute approximate surface area is 172 Å². The number of ketones is 1. The number of benzene rings is 1.